The summed E-state index contributed by atoms with van der Waals surface area (Å²) in [7, 11) is 4.85. The second kappa shape index (κ2) is 5.95. The molecule has 0 fully saturated rings. The van der Waals surface area contributed by atoms with E-state index in [2.05, 4.69) is 9.72 Å². The Morgan fingerprint density at radius 2 is 2.19 bits per heavy atom. The molecular weight excluding hydrogens is 208 g/mol. The molecule has 88 valence electrons. The number of nitrogens with zero attached hydrogens (tertiary/aromatic N) is 2. The summed E-state index contributed by atoms with van der Waals surface area (Å²) in [6.45, 7) is 0.575. The number of methoxy groups -OCH3 is 2. The van der Waals surface area contributed by atoms with Crippen molar-refractivity contribution in [3.05, 3.63) is 18.3 Å². The van der Waals surface area contributed by atoms with Gasteiger partial charge in [-0.1, -0.05) is 0 Å². The third kappa shape index (κ3) is 3.42. The van der Waals surface area contributed by atoms with Crippen LogP contribution >= 0.6 is 0 Å². The van der Waals surface area contributed by atoms with Crippen LogP contribution in [0.25, 0.3) is 0 Å². The number of anilines is 1. The normalized spacial score (nSPS) is 9.69. The highest BCUT2D eigenvalue weighted by Gasteiger charge is 2.06. The Bertz CT molecular complexity index is 338. The van der Waals surface area contributed by atoms with E-state index in [4.69, 9.17) is 4.74 Å². The summed E-state index contributed by atoms with van der Waals surface area (Å²) in [5.74, 6) is 1.29. The summed E-state index contributed by atoms with van der Waals surface area (Å²) >= 11 is 0. The van der Waals surface area contributed by atoms with Crippen LogP contribution in [-0.2, 0) is 9.53 Å². The number of aromatic nitrogens is 1. The van der Waals surface area contributed by atoms with Crippen molar-refractivity contribution in [3.63, 3.8) is 0 Å². The minimum absolute atomic E-state index is 0.222. The maximum absolute atomic E-state index is 11.0. The summed E-state index contributed by atoms with van der Waals surface area (Å²) in [5.41, 5.74) is 0. The van der Waals surface area contributed by atoms with Gasteiger partial charge in [0.1, 0.15) is 11.6 Å². The predicted octanol–water partition coefficient (Wildman–Crippen LogP) is 1.09. The van der Waals surface area contributed by atoms with Crippen molar-refractivity contribution in [3.8, 4) is 5.75 Å². The third-order valence-electron chi connectivity index (χ3n) is 2.23. The van der Waals surface area contributed by atoms with Gasteiger partial charge in [0.2, 0.25) is 0 Å². The molecule has 0 atom stereocenters. The van der Waals surface area contributed by atoms with Gasteiger partial charge in [-0.25, -0.2) is 4.98 Å². The van der Waals surface area contributed by atoms with Gasteiger partial charge in [0, 0.05) is 13.6 Å². The van der Waals surface area contributed by atoms with Crippen LogP contribution in [0.1, 0.15) is 6.42 Å². The highest BCUT2D eigenvalue weighted by Crippen LogP contribution is 2.14. The minimum atomic E-state index is -0.222. The molecule has 0 amide bonds. The molecule has 0 radical (unpaired) electrons. The molecule has 0 unspecified atom stereocenters. The Kier molecular flexibility index (Phi) is 4.57. The fraction of sp³-hybridized carbons (Fsp3) is 0.455. The topological polar surface area (TPSA) is 51.7 Å². The summed E-state index contributed by atoms with van der Waals surface area (Å²) in [6.07, 6.45) is 1.99. The Labute approximate surface area is 95.0 Å². The number of carbonyl (C=O) groups excluding carboxylic acids is 1. The third-order valence-corrected chi connectivity index (χ3v) is 2.23. The Morgan fingerprint density at radius 3 is 2.69 bits per heavy atom. The quantitative estimate of drug-likeness (QED) is 0.701. The molecule has 0 N–H and O–H groups in total. The lowest BCUT2D eigenvalue weighted by atomic mass is 10.3. The SMILES string of the molecule is COC(=O)CCN(C)c1ccc(OC)cn1. The van der Waals surface area contributed by atoms with Gasteiger partial charge < -0.3 is 14.4 Å². The molecule has 16 heavy (non-hydrogen) atoms. The summed E-state index contributed by atoms with van der Waals surface area (Å²) in [6, 6.07) is 3.67. The van der Waals surface area contributed by atoms with Gasteiger partial charge in [-0.3, -0.25) is 4.79 Å². The molecule has 5 heteroatoms. The van der Waals surface area contributed by atoms with Crippen LogP contribution in [0.3, 0.4) is 0 Å². The molecule has 0 aliphatic heterocycles. The average Bonchev–Trinajstić information content (AvgIpc) is 2.35. The molecule has 0 spiro atoms. The largest absolute Gasteiger partial charge is 0.495 e. The van der Waals surface area contributed by atoms with Crippen LogP contribution in [0.4, 0.5) is 5.82 Å². The van der Waals surface area contributed by atoms with Crippen LogP contribution in [0.5, 0.6) is 5.75 Å². The fourth-order valence-electron chi connectivity index (χ4n) is 1.19. The predicted molar refractivity (Wildman–Crippen MR) is 60.7 cm³/mol. The molecule has 1 aromatic rings. The van der Waals surface area contributed by atoms with Crippen LogP contribution in [0.2, 0.25) is 0 Å². The smallest absolute Gasteiger partial charge is 0.307 e. The van der Waals surface area contributed by atoms with E-state index in [1.54, 1.807) is 13.3 Å². The molecule has 0 aliphatic rings. The van der Waals surface area contributed by atoms with E-state index in [-0.39, 0.29) is 5.97 Å². The fourth-order valence-corrected chi connectivity index (χ4v) is 1.19. The van der Waals surface area contributed by atoms with Gasteiger partial charge in [0.05, 0.1) is 26.8 Å². The van der Waals surface area contributed by atoms with E-state index >= 15 is 0 Å². The first kappa shape index (κ1) is 12.3. The molecule has 5 nitrogen and oxygen atoms in total. The molecule has 1 aromatic heterocycles. The van der Waals surface area contributed by atoms with Crippen LogP contribution < -0.4 is 9.64 Å². The van der Waals surface area contributed by atoms with Gasteiger partial charge in [0.15, 0.2) is 0 Å². The summed E-state index contributed by atoms with van der Waals surface area (Å²) in [5, 5.41) is 0. The summed E-state index contributed by atoms with van der Waals surface area (Å²) < 4.78 is 9.58. The number of rotatable bonds is 5. The Balaban J connectivity index is 2.52. The molecule has 0 aromatic carbocycles. The molecule has 1 heterocycles. The molecule has 0 aliphatic carbocycles. The number of hydrogen-bond donors (Lipinski definition) is 0. The van der Waals surface area contributed by atoms with Crippen LogP contribution in [0.15, 0.2) is 18.3 Å². The lowest BCUT2D eigenvalue weighted by Gasteiger charge is -2.17. The maximum atomic E-state index is 11.0. The van der Waals surface area contributed by atoms with Crippen molar-refractivity contribution in [1.82, 2.24) is 4.98 Å². The standard InChI is InChI=1S/C11H16N2O3/c1-13(7-6-11(14)16-3)10-5-4-9(15-2)8-12-10/h4-5,8H,6-7H2,1-3H3. The second-order valence-corrected chi connectivity index (χ2v) is 3.30. The molecule has 0 bridgehead atoms. The first-order valence-corrected chi connectivity index (χ1v) is 4.95. The van der Waals surface area contributed by atoms with Crippen LogP contribution in [0, 0.1) is 0 Å². The zero-order valence-electron chi connectivity index (χ0n) is 9.77. The maximum Gasteiger partial charge on any atom is 0.307 e. The van der Waals surface area contributed by atoms with Gasteiger partial charge in [0.25, 0.3) is 0 Å². The van der Waals surface area contributed by atoms with E-state index in [0.29, 0.717) is 18.7 Å². The molecular formula is C11H16N2O3. The van der Waals surface area contributed by atoms with Gasteiger partial charge in [-0.2, -0.15) is 0 Å². The molecule has 0 saturated carbocycles. The average molecular weight is 224 g/mol. The van der Waals surface area contributed by atoms with Crippen molar-refractivity contribution >= 4 is 11.8 Å². The lowest BCUT2D eigenvalue weighted by molar-refractivity contribution is -0.140. The van der Waals surface area contributed by atoms with Crippen molar-refractivity contribution < 1.29 is 14.3 Å². The van der Waals surface area contributed by atoms with E-state index < -0.39 is 0 Å². The molecule has 1 rings (SSSR count). The van der Waals surface area contributed by atoms with E-state index in [1.807, 2.05) is 24.1 Å². The van der Waals surface area contributed by atoms with Gasteiger partial charge >= 0.3 is 5.97 Å². The number of pyridine rings is 1. The van der Waals surface area contributed by atoms with Crippen LogP contribution in [-0.4, -0.2) is 38.8 Å². The second-order valence-electron chi connectivity index (χ2n) is 3.30. The lowest BCUT2D eigenvalue weighted by Crippen LogP contribution is -2.22. The van der Waals surface area contributed by atoms with Crippen molar-refractivity contribution in [1.29, 1.82) is 0 Å². The van der Waals surface area contributed by atoms with Gasteiger partial charge in [-0.15, -0.1) is 0 Å². The van der Waals surface area contributed by atoms with E-state index in [0.717, 1.165) is 5.82 Å². The van der Waals surface area contributed by atoms with E-state index in [1.165, 1.54) is 7.11 Å². The minimum Gasteiger partial charge on any atom is -0.495 e. The van der Waals surface area contributed by atoms with Crippen molar-refractivity contribution in [2.24, 2.45) is 0 Å². The highest BCUT2D eigenvalue weighted by atomic mass is 16.5. The Hall–Kier alpha value is -1.78. The first-order valence-electron chi connectivity index (χ1n) is 4.95. The highest BCUT2D eigenvalue weighted by molar-refractivity contribution is 5.69. The Morgan fingerprint density at radius 1 is 1.44 bits per heavy atom. The summed E-state index contributed by atoms with van der Waals surface area (Å²) in [4.78, 5) is 17.0. The zero-order valence-corrected chi connectivity index (χ0v) is 9.77. The van der Waals surface area contributed by atoms with Gasteiger partial charge in [-0.05, 0) is 12.1 Å². The number of esters is 1. The van der Waals surface area contributed by atoms with Crippen molar-refractivity contribution in [2.75, 3.05) is 32.7 Å². The number of hydrogen-bond acceptors (Lipinski definition) is 5. The number of carbonyl (C=O) groups is 1. The monoisotopic (exact) mass is 224 g/mol. The van der Waals surface area contributed by atoms with Crippen molar-refractivity contribution in [2.45, 2.75) is 6.42 Å². The van der Waals surface area contributed by atoms with E-state index in [9.17, 15) is 4.79 Å². The number of ether oxygens (including phenoxy) is 2. The zero-order chi connectivity index (χ0) is 12.0. The molecule has 0 saturated heterocycles. The first-order chi connectivity index (χ1) is 7.67.